The molecule has 2 N–H and O–H groups in total. The summed E-state index contributed by atoms with van der Waals surface area (Å²) in [5, 5.41) is 10.5. The van der Waals surface area contributed by atoms with Crippen LogP contribution in [-0.4, -0.2) is 61.7 Å². The highest BCUT2D eigenvalue weighted by molar-refractivity contribution is 14.0. The van der Waals surface area contributed by atoms with Crippen molar-refractivity contribution < 1.29 is 0 Å². The van der Waals surface area contributed by atoms with Gasteiger partial charge in [-0.1, -0.05) is 30.3 Å². The molecule has 2 saturated heterocycles. The molecule has 2 aliphatic rings. The van der Waals surface area contributed by atoms with Crippen LogP contribution in [0.3, 0.4) is 0 Å². The summed E-state index contributed by atoms with van der Waals surface area (Å²) in [5.74, 6) is 0.907. The molecule has 0 bridgehead atoms. The van der Waals surface area contributed by atoms with Crippen molar-refractivity contribution in [3.63, 3.8) is 0 Å². The summed E-state index contributed by atoms with van der Waals surface area (Å²) in [6, 6.07) is 11.8. The molecule has 3 heterocycles. The lowest BCUT2D eigenvalue weighted by atomic mass is 10.0. The molecular weight excluding hydrogens is 531 g/mol. The van der Waals surface area contributed by atoms with Crippen LogP contribution in [0, 0.1) is 0 Å². The van der Waals surface area contributed by atoms with Crippen LogP contribution >= 0.6 is 35.3 Å². The van der Waals surface area contributed by atoms with E-state index in [1.807, 2.05) is 7.05 Å². The van der Waals surface area contributed by atoms with Gasteiger partial charge in [0.25, 0.3) is 0 Å². The van der Waals surface area contributed by atoms with Crippen LogP contribution in [0.5, 0.6) is 0 Å². The first-order valence-corrected chi connectivity index (χ1v) is 12.6. The Labute approximate surface area is 213 Å². The monoisotopic (exact) mass is 568 g/mol. The number of halogens is 1. The SMILES string of the molecule is CN=C(NCCc1csc(N2CCCC2)n1)NC1CCN(C(C)c2ccccc2)CC1.I. The third-order valence-corrected chi connectivity index (χ3v) is 7.46. The molecule has 176 valence electrons. The second kappa shape index (κ2) is 12.7. The van der Waals surface area contributed by atoms with Crippen molar-refractivity contribution >= 4 is 46.4 Å². The van der Waals surface area contributed by atoms with Gasteiger partial charge in [0.15, 0.2) is 11.1 Å². The highest BCUT2D eigenvalue weighted by Crippen LogP contribution is 2.25. The van der Waals surface area contributed by atoms with Crippen LogP contribution in [0.2, 0.25) is 0 Å². The van der Waals surface area contributed by atoms with Crippen molar-refractivity contribution in [1.29, 1.82) is 0 Å². The molecule has 0 aliphatic carbocycles. The summed E-state index contributed by atoms with van der Waals surface area (Å²) in [5.41, 5.74) is 2.58. The number of nitrogens with zero attached hydrogens (tertiary/aromatic N) is 4. The lowest BCUT2D eigenvalue weighted by Gasteiger charge is -2.37. The number of benzene rings is 1. The standard InChI is InChI=1S/C24H36N6S.HI/c1-19(20-8-4-3-5-9-20)29-16-11-21(12-17-29)27-23(25-2)26-13-10-22-18-31-24(28-22)30-14-6-7-15-30;/h3-5,8-9,18-19,21H,6-7,10-17H2,1-2H3,(H2,25,26,27);1H. The molecule has 1 aromatic heterocycles. The van der Waals surface area contributed by atoms with Gasteiger partial charge in [0.2, 0.25) is 0 Å². The van der Waals surface area contributed by atoms with Crippen molar-refractivity contribution in [3.8, 4) is 0 Å². The van der Waals surface area contributed by atoms with E-state index < -0.39 is 0 Å². The molecule has 4 rings (SSSR count). The average molecular weight is 569 g/mol. The minimum atomic E-state index is 0. The predicted octanol–water partition coefficient (Wildman–Crippen LogP) is 4.29. The number of hydrogen-bond donors (Lipinski definition) is 2. The summed E-state index contributed by atoms with van der Waals surface area (Å²) in [4.78, 5) is 14.3. The number of anilines is 1. The molecule has 2 aromatic rings. The van der Waals surface area contributed by atoms with Crippen LogP contribution in [0.4, 0.5) is 5.13 Å². The van der Waals surface area contributed by atoms with Gasteiger partial charge in [0.05, 0.1) is 5.69 Å². The summed E-state index contributed by atoms with van der Waals surface area (Å²) in [6.07, 6.45) is 5.80. The van der Waals surface area contributed by atoms with E-state index in [1.54, 1.807) is 11.3 Å². The van der Waals surface area contributed by atoms with Crippen LogP contribution in [-0.2, 0) is 6.42 Å². The van der Waals surface area contributed by atoms with E-state index in [-0.39, 0.29) is 24.0 Å². The number of aromatic nitrogens is 1. The van der Waals surface area contributed by atoms with Gasteiger partial charge < -0.3 is 15.5 Å². The van der Waals surface area contributed by atoms with E-state index in [1.165, 1.54) is 29.2 Å². The van der Waals surface area contributed by atoms with Gasteiger partial charge >= 0.3 is 0 Å². The molecule has 0 saturated carbocycles. The smallest absolute Gasteiger partial charge is 0.191 e. The Morgan fingerprint density at radius 2 is 1.88 bits per heavy atom. The van der Waals surface area contributed by atoms with Crippen molar-refractivity contribution in [2.75, 3.05) is 44.7 Å². The van der Waals surface area contributed by atoms with Gasteiger partial charge in [-0.25, -0.2) is 4.98 Å². The molecule has 6 nitrogen and oxygen atoms in total. The van der Waals surface area contributed by atoms with Gasteiger partial charge in [-0.05, 0) is 38.2 Å². The largest absolute Gasteiger partial charge is 0.356 e. The first-order valence-electron chi connectivity index (χ1n) is 11.7. The summed E-state index contributed by atoms with van der Waals surface area (Å²) < 4.78 is 0. The van der Waals surface area contributed by atoms with Gasteiger partial charge in [0.1, 0.15) is 0 Å². The quantitative estimate of drug-likeness (QED) is 0.297. The Balaban J connectivity index is 0.00000289. The number of nitrogens with one attached hydrogen (secondary N) is 2. The normalized spacial score (nSPS) is 18.9. The van der Waals surface area contributed by atoms with Crippen molar-refractivity contribution in [3.05, 3.63) is 47.0 Å². The van der Waals surface area contributed by atoms with Gasteiger partial charge in [0, 0.05) is 63.7 Å². The summed E-state index contributed by atoms with van der Waals surface area (Å²) >= 11 is 1.78. The average Bonchev–Trinajstić information content (AvgIpc) is 3.51. The second-order valence-corrected chi connectivity index (χ2v) is 9.44. The fourth-order valence-corrected chi connectivity index (χ4v) is 5.45. The van der Waals surface area contributed by atoms with E-state index in [2.05, 4.69) is 68.1 Å². The Morgan fingerprint density at radius 3 is 2.56 bits per heavy atom. The minimum Gasteiger partial charge on any atom is -0.356 e. The van der Waals surface area contributed by atoms with Crippen LogP contribution in [0.15, 0.2) is 40.7 Å². The van der Waals surface area contributed by atoms with Gasteiger partial charge in [-0.15, -0.1) is 35.3 Å². The molecule has 32 heavy (non-hydrogen) atoms. The zero-order valence-electron chi connectivity index (χ0n) is 19.3. The predicted molar refractivity (Wildman–Crippen MR) is 147 cm³/mol. The zero-order chi connectivity index (χ0) is 21.5. The van der Waals surface area contributed by atoms with Crippen molar-refractivity contribution in [2.45, 2.75) is 51.1 Å². The first-order chi connectivity index (χ1) is 15.2. The third-order valence-electron chi connectivity index (χ3n) is 6.51. The number of piperidine rings is 1. The molecule has 1 unspecified atom stereocenters. The van der Waals surface area contributed by atoms with E-state index in [0.717, 1.165) is 57.9 Å². The third kappa shape index (κ3) is 6.81. The van der Waals surface area contributed by atoms with E-state index in [4.69, 9.17) is 4.98 Å². The van der Waals surface area contributed by atoms with E-state index in [9.17, 15) is 0 Å². The molecule has 2 fully saturated rings. The van der Waals surface area contributed by atoms with E-state index >= 15 is 0 Å². The number of hydrogen-bond acceptors (Lipinski definition) is 5. The molecular formula is C24H37IN6S. The maximum atomic E-state index is 4.82. The number of likely N-dealkylation sites (tertiary alicyclic amines) is 1. The second-order valence-electron chi connectivity index (χ2n) is 8.61. The lowest BCUT2D eigenvalue weighted by Crippen LogP contribution is -2.49. The summed E-state index contributed by atoms with van der Waals surface area (Å²) in [6.45, 7) is 7.71. The van der Waals surface area contributed by atoms with Crippen molar-refractivity contribution in [2.24, 2.45) is 4.99 Å². The van der Waals surface area contributed by atoms with Crippen LogP contribution in [0.1, 0.15) is 49.9 Å². The Hall–Kier alpha value is -1.39. The first kappa shape index (κ1) is 25.2. The molecule has 0 amide bonds. The number of thiazole rings is 1. The highest BCUT2D eigenvalue weighted by Gasteiger charge is 2.24. The summed E-state index contributed by atoms with van der Waals surface area (Å²) in [7, 11) is 1.86. The topological polar surface area (TPSA) is 55.8 Å². The molecule has 2 aliphatic heterocycles. The van der Waals surface area contributed by atoms with Crippen LogP contribution in [0.25, 0.3) is 0 Å². The highest BCUT2D eigenvalue weighted by atomic mass is 127. The number of guanidine groups is 1. The Bertz CT molecular complexity index is 828. The van der Waals surface area contributed by atoms with Gasteiger partial charge in [-0.2, -0.15) is 0 Å². The fourth-order valence-electron chi connectivity index (χ4n) is 4.54. The fraction of sp³-hybridized carbons (Fsp3) is 0.583. The maximum absolute atomic E-state index is 4.82. The maximum Gasteiger partial charge on any atom is 0.191 e. The van der Waals surface area contributed by atoms with Crippen LogP contribution < -0.4 is 15.5 Å². The molecule has 1 aromatic carbocycles. The lowest BCUT2D eigenvalue weighted by molar-refractivity contribution is 0.158. The molecule has 0 radical (unpaired) electrons. The number of rotatable bonds is 7. The zero-order valence-corrected chi connectivity index (χ0v) is 22.4. The van der Waals surface area contributed by atoms with Gasteiger partial charge in [-0.3, -0.25) is 9.89 Å². The van der Waals surface area contributed by atoms with Crippen molar-refractivity contribution in [1.82, 2.24) is 20.5 Å². The molecule has 0 spiro atoms. The molecule has 8 heteroatoms. The minimum absolute atomic E-state index is 0. The van der Waals surface area contributed by atoms with E-state index in [0.29, 0.717) is 12.1 Å². The Morgan fingerprint density at radius 1 is 1.16 bits per heavy atom. The Kier molecular flexibility index (Phi) is 10.1. The molecule has 1 atom stereocenters. The number of aliphatic imine (C=N–C) groups is 1.